The number of halogens is 2. The van der Waals surface area contributed by atoms with E-state index in [-0.39, 0.29) is 11.9 Å². The Bertz CT molecular complexity index is 594. The van der Waals surface area contributed by atoms with E-state index in [0.29, 0.717) is 12.0 Å². The van der Waals surface area contributed by atoms with Crippen LogP contribution in [0, 0.1) is 5.82 Å². The third-order valence-electron chi connectivity index (χ3n) is 3.06. The van der Waals surface area contributed by atoms with Crippen LogP contribution in [0.5, 0.6) is 5.75 Å². The summed E-state index contributed by atoms with van der Waals surface area (Å²) in [6, 6.07) is 6.92. The number of hydrazine groups is 1. The minimum Gasteiger partial charge on any atom is -0.497 e. The van der Waals surface area contributed by atoms with Gasteiger partial charge in [-0.2, -0.15) is 0 Å². The minimum atomic E-state index is -0.380. The van der Waals surface area contributed by atoms with Crippen LogP contribution in [0.25, 0.3) is 0 Å². The first-order valence-electron chi connectivity index (χ1n) is 6.03. The quantitative estimate of drug-likeness (QED) is 0.649. The van der Waals surface area contributed by atoms with Crippen LogP contribution in [0.4, 0.5) is 4.39 Å². The second-order valence-corrected chi connectivity index (χ2v) is 5.13. The number of nitrogens with zero attached hydrogens (tertiary/aromatic N) is 1. The highest BCUT2D eigenvalue weighted by molar-refractivity contribution is 9.10. The minimum absolute atomic E-state index is 0.346. The van der Waals surface area contributed by atoms with Crippen molar-refractivity contribution in [3.8, 4) is 5.75 Å². The van der Waals surface area contributed by atoms with E-state index in [1.165, 1.54) is 6.20 Å². The SMILES string of the molecule is COc1ccc(Br)c(CC(NN)c2ccncc2F)c1. The van der Waals surface area contributed by atoms with E-state index >= 15 is 0 Å². The summed E-state index contributed by atoms with van der Waals surface area (Å²) < 4.78 is 19.9. The van der Waals surface area contributed by atoms with Gasteiger partial charge in [-0.15, -0.1) is 0 Å². The lowest BCUT2D eigenvalue weighted by molar-refractivity contribution is 0.413. The molecule has 2 aromatic rings. The number of nitrogens with one attached hydrogen (secondary N) is 1. The Morgan fingerprint density at radius 2 is 2.25 bits per heavy atom. The molecule has 0 saturated carbocycles. The van der Waals surface area contributed by atoms with Crippen LogP contribution in [0.2, 0.25) is 0 Å². The molecule has 3 N–H and O–H groups in total. The highest BCUT2D eigenvalue weighted by Crippen LogP contribution is 2.27. The first kappa shape index (κ1) is 14.9. The smallest absolute Gasteiger partial charge is 0.146 e. The number of nitrogens with two attached hydrogens (primary N) is 1. The Labute approximate surface area is 125 Å². The van der Waals surface area contributed by atoms with E-state index in [2.05, 4.69) is 26.3 Å². The molecule has 0 radical (unpaired) electrons. The van der Waals surface area contributed by atoms with Crippen molar-refractivity contribution in [1.82, 2.24) is 10.4 Å². The standard InChI is InChI=1S/C14H15BrFN3O/c1-20-10-2-3-12(15)9(6-10)7-14(19-17)11-4-5-18-8-13(11)16/h2-6,8,14,19H,7,17H2,1H3. The van der Waals surface area contributed by atoms with E-state index in [1.807, 2.05) is 18.2 Å². The number of rotatable bonds is 5. The zero-order chi connectivity index (χ0) is 14.5. The van der Waals surface area contributed by atoms with Crippen molar-refractivity contribution in [3.05, 3.63) is 58.1 Å². The molecule has 1 unspecified atom stereocenters. The Balaban J connectivity index is 2.29. The maximum atomic E-state index is 13.8. The van der Waals surface area contributed by atoms with E-state index in [0.717, 1.165) is 15.8 Å². The number of methoxy groups -OCH3 is 1. The second kappa shape index (κ2) is 6.78. The van der Waals surface area contributed by atoms with Gasteiger partial charge in [0.05, 0.1) is 19.3 Å². The molecule has 0 spiro atoms. The average Bonchev–Trinajstić information content (AvgIpc) is 2.47. The summed E-state index contributed by atoms with van der Waals surface area (Å²) in [6.45, 7) is 0. The molecule has 0 aliphatic carbocycles. The van der Waals surface area contributed by atoms with E-state index < -0.39 is 0 Å². The molecule has 0 aliphatic heterocycles. The van der Waals surface area contributed by atoms with Gasteiger partial charge in [0.25, 0.3) is 0 Å². The molecule has 1 aromatic heterocycles. The predicted octanol–water partition coefficient (Wildman–Crippen LogP) is 2.74. The number of aromatic nitrogens is 1. The van der Waals surface area contributed by atoms with Crippen molar-refractivity contribution in [2.45, 2.75) is 12.5 Å². The zero-order valence-corrected chi connectivity index (χ0v) is 12.5. The highest BCUT2D eigenvalue weighted by Gasteiger charge is 2.16. The van der Waals surface area contributed by atoms with Crippen LogP contribution in [0.1, 0.15) is 17.2 Å². The van der Waals surface area contributed by atoms with Crippen molar-refractivity contribution < 1.29 is 9.13 Å². The molecule has 1 atom stereocenters. The van der Waals surface area contributed by atoms with Crippen molar-refractivity contribution in [1.29, 1.82) is 0 Å². The lowest BCUT2D eigenvalue weighted by atomic mass is 10.00. The van der Waals surface area contributed by atoms with Crippen molar-refractivity contribution in [3.63, 3.8) is 0 Å². The fourth-order valence-corrected chi connectivity index (χ4v) is 2.39. The number of pyridine rings is 1. The summed E-state index contributed by atoms with van der Waals surface area (Å²) in [4.78, 5) is 3.74. The summed E-state index contributed by atoms with van der Waals surface area (Å²) in [7, 11) is 1.61. The van der Waals surface area contributed by atoms with Gasteiger partial charge < -0.3 is 4.74 Å². The summed E-state index contributed by atoms with van der Waals surface area (Å²) in [5.74, 6) is 5.92. The van der Waals surface area contributed by atoms with Crippen LogP contribution in [0.15, 0.2) is 41.1 Å². The van der Waals surface area contributed by atoms with Gasteiger partial charge in [-0.3, -0.25) is 16.3 Å². The van der Waals surface area contributed by atoms with Gasteiger partial charge >= 0.3 is 0 Å². The van der Waals surface area contributed by atoms with Crippen LogP contribution in [-0.4, -0.2) is 12.1 Å². The molecule has 1 heterocycles. The first-order valence-corrected chi connectivity index (χ1v) is 6.83. The third kappa shape index (κ3) is 3.33. The molecule has 0 bridgehead atoms. The summed E-state index contributed by atoms with van der Waals surface area (Å²) in [5, 5.41) is 0. The van der Waals surface area contributed by atoms with Gasteiger partial charge in [-0.25, -0.2) is 4.39 Å². The summed E-state index contributed by atoms with van der Waals surface area (Å²) in [5.41, 5.74) is 4.10. The van der Waals surface area contributed by atoms with Gasteiger partial charge in [-0.1, -0.05) is 15.9 Å². The Morgan fingerprint density at radius 1 is 1.45 bits per heavy atom. The van der Waals surface area contributed by atoms with Crippen LogP contribution in [0.3, 0.4) is 0 Å². The van der Waals surface area contributed by atoms with E-state index in [1.54, 1.807) is 19.4 Å². The molecule has 0 aliphatic rings. The lowest BCUT2D eigenvalue weighted by Crippen LogP contribution is -2.30. The normalized spacial score (nSPS) is 12.2. The molecule has 1 aromatic carbocycles. The monoisotopic (exact) mass is 339 g/mol. The fourth-order valence-electron chi connectivity index (χ4n) is 1.98. The molecule has 20 heavy (non-hydrogen) atoms. The molecule has 6 heteroatoms. The Morgan fingerprint density at radius 3 is 2.90 bits per heavy atom. The van der Waals surface area contributed by atoms with Crippen LogP contribution < -0.4 is 16.0 Å². The number of ether oxygens (including phenoxy) is 1. The van der Waals surface area contributed by atoms with Crippen LogP contribution in [-0.2, 0) is 6.42 Å². The first-order chi connectivity index (χ1) is 9.65. The zero-order valence-electron chi connectivity index (χ0n) is 10.9. The average molecular weight is 340 g/mol. The van der Waals surface area contributed by atoms with Crippen molar-refractivity contribution >= 4 is 15.9 Å². The number of hydrogen-bond donors (Lipinski definition) is 2. The maximum Gasteiger partial charge on any atom is 0.146 e. The van der Waals surface area contributed by atoms with Gasteiger partial charge in [-0.05, 0) is 36.2 Å². The van der Waals surface area contributed by atoms with E-state index in [9.17, 15) is 4.39 Å². The van der Waals surface area contributed by atoms with E-state index in [4.69, 9.17) is 10.6 Å². The maximum absolute atomic E-state index is 13.8. The molecule has 0 amide bonds. The molecule has 2 rings (SSSR count). The predicted molar refractivity (Wildman–Crippen MR) is 78.7 cm³/mol. The van der Waals surface area contributed by atoms with Gasteiger partial charge in [0.2, 0.25) is 0 Å². The lowest BCUT2D eigenvalue weighted by Gasteiger charge is -2.18. The van der Waals surface area contributed by atoms with Gasteiger partial charge in [0.1, 0.15) is 11.6 Å². The van der Waals surface area contributed by atoms with Crippen molar-refractivity contribution in [2.75, 3.05) is 7.11 Å². The van der Waals surface area contributed by atoms with Gasteiger partial charge in [0.15, 0.2) is 0 Å². The molecule has 0 fully saturated rings. The molecule has 106 valence electrons. The van der Waals surface area contributed by atoms with Crippen molar-refractivity contribution in [2.24, 2.45) is 5.84 Å². The fraction of sp³-hybridized carbons (Fsp3) is 0.214. The van der Waals surface area contributed by atoms with Gasteiger partial charge in [0, 0.05) is 16.2 Å². The second-order valence-electron chi connectivity index (χ2n) is 4.28. The van der Waals surface area contributed by atoms with Crippen LogP contribution >= 0.6 is 15.9 Å². The number of hydrogen-bond acceptors (Lipinski definition) is 4. The topological polar surface area (TPSA) is 60.2 Å². The Kier molecular flexibility index (Phi) is 5.05. The molecule has 0 saturated heterocycles. The molecular weight excluding hydrogens is 325 g/mol. The number of benzene rings is 1. The summed E-state index contributed by atoms with van der Waals surface area (Å²) in [6.07, 6.45) is 3.25. The molecular formula is C14H15BrFN3O. The summed E-state index contributed by atoms with van der Waals surface area (Å²) >= 11 is 3.48. The third-order valence-corrected chi connectivity index (χ3v) is 3.83. The Hall–Kier alpha value is -1.50. The molecule has 4 nitrogen and oxygen atoms in total. The highest BCUT2D eigenvalue weighted by atomic mass is 79.9. The largest absolute Gasteiger partial charge is 0.497 e.